The van der Waals surface area contributed by atoms with E-state index in [1.54, 1.807) is 30.3 Å². The van der Waals surface area contributed by atoms with Gasteiger partial charge in [-0.25, -0.2) is 8.42 Å². The second-order valence-corrected chi connectivity index (χ2v) is 9.06. The standard InChI is InChI=1S/C23H19ClN2O3S/c24-20-12-6-4-10-18(20)14-25-15-22-23(27)19-11-5-7-13-21(19)26(30(22,28)29)16-17-8-2-1-3-9-17/h1-13,15,25H,14,16H2. The Hall–Kier alpha value is -3.09. The summed E-state index contributed by atoms with van der Waals surface area (Å²) in [7, 11) is -4.04. The first kappa shape index (κ1) is 20.2. The number of Topliss-reactive ketones (excluding diaryl/α,β-unsaturated/α-hetero) is 1. The average molecular weight is 439 g/mol. The predicted octanol–water partition coefficient (Wildman–Crippen LogP) is 4.50. The Morgan fingerprint density at radius 1 is 0.900 bits per heavy atom. The van der Waals surface area contributed by atoms with Gasteiger partial charge < -0.3 is 5.32 Å². The molecular formula is C23H19ClN2O3S. The number of carbonyl (C=O) groups is 1. The Balaban J connectivity index is 1.71. The topological polar surface area (TPSA) is 66.5 Å². The molecule has 1 N–H and O–H groups in total. The molecule has 0 aliphatic carbocycles. The molecular weight excluding hydrogens is 420 g/mol. The molecule has 1 aliphatic heterocycles. The van der Waals surface area contributed by atoms with E-state index in [9.17, 15) is 13.2 Å². The van der Waals surface area contributed by atoms with Gasteiger partial charge in [0.25, 0.3) is 10.0 Å². The summed E-state index contributed by atoms with van der Waals surface area (Å²) in [5, 5.41) is 3.51. The average Bonchev–Trinajstić information content (AvgIpc) is 2.75. The van der Waals surface area contributed by atoms with Crippen molar-refractivity contribution in [2.45, 2.75) is 13.1 Å². The maximum absolute atomic E-state index is 13.4. The van der Waals surface area contributed by atoms with E-state index < -0.39 is 15.8 Å². The van der Waals surface area contributed by atoms with Gasteiger partial charge in [-0.2, -0.15) is 0 Å². The first-order chi connectivity index (χ1) is 14.5. The Kier molecular flexibility index (Phi) is 5.61. The van der Waals surface area contributed by atoms with Crippen LogP contribution in [0, 0.1) is 0 Å². The molecule has 7 heteroatoms. The van der Waals surface area contributed by atoms with Crippen LogP contribution in [0.5, 0.6) is 0 Å². The van der Waals surface area contributed by atoms with Gasteiger partial charge in [0.2, 0.25) is 5.78 Å². The lowest BCUT2D eigenvalue weighted by Gasteiger charge is -2.31. The van der Waals surface area contributed by atoms with Crippen molar-refractivity contribution >= 4 is 33.1 Å². The second kappa shape index (κ2) is 8.34. The Morgan fingerprint density at radius 2 is 1.57 bits per heavy atom. The lowest BCUT2D eigenvalue weighted by Crippen LogP contribution is -2.39. The summed E-state index contributed by atoms with van der Waals surface area (Å²) in [6.07, 6.45) is 1.27. The largest absolute Gasteiger partial charge is 0.386 e. The van der Waals surface area contributed by atoms with Crippen LogP contribution in [0.4, 0.5) is 5.69 Å². The number of allylic oxidation sites excluding steroid dienone is 1. The Morgan fingerprint density at radius 3 is 2.33 bits per heavy atom. The highest BCUT2D eigenvalue weighted by atomic mass is 35.5. The fourth-order valence-corrected chi connectivity index (χ4v) is 5.09. The third-order valence-electron chi connectivity index (χ3n) is 4.86. The highest BCUT2D eigenvalue weighted by Gasteiger charge is 2.39. The van der Waals surface area contributed by atoms with Crippen LogP contribution >= 0.6 is 11.6 Å². The Bertz CT molecular complexity index is 1220. The summed E-state index contributed by atoms with van der Waals surface area (Å²) < 4.78 is 28.0. The minimum absolute atomic E-state index is 0.134. The molecule has 0 atom stereocenters. The number of anilines is 1. The fraction of sp³-hybridized carbons (Fsp3) is 0.0870. The highest BCUT2D eigenvalue weighted by Crippen LogP contribution is 2.35. The zero-order chi connectivity index (χ0) is 21.1. The van der Waals surface area contributed by atoms with E-state index in [1.165, 1.54) is 10.5 Å². The van der Waals surface area contributed by atoms with Crippen molar-refractivity contribution in [3.05, 3.63) is 112 Å². The van der Waals surface area contributed by atoms with Gasteiger partial charge in [-0.3, -0.25) is 9.10 Å². The number of hydrogen-bond acceptors (Lipinski definition) is 4. The minimum atomic E-state index is -4.04. The van der Waals surface area contributed by atoms with Gasteiger partial charge in [0.15, 0.2) is 4.91 Å². The highest BCUT2D eigenvalue weighted by molar-refractivity contribution is 7.97. The number of halogens is 1. The van der Waals surface area contributed by atoms with Gasteiger partial charge in [-0.1, -0.05) is 72.3 Å². The molecule has 4 rings (SSSR count). The van der Waals surface area contributed by atoms with Crippen LogP contribution in [-0.2, 0) is 23.1 Å². The maximum Gasteiger partial charge on any atom is 0.270 e. The van der Waals surface area contributed by atoms with Crippen LogP contribution in [0.15, 0.2) is 90.0 Å². The summed E-state index contributed by atoms with van der Waals surface area (Å²) in [4.78, 5) is 12.7. The monoisotopic (exact) mass is 438 g/mol. The predicted molar refractivity (Wildman–Crippen MR) is 119 cm³/mol. The van der Waals surface area contributed by atoms with Gasteiger partial charge in [-0.05, 0) is 29.3 Å². The number of para-hydroxylation sites is 1. The van der Waals surface area contributed by atoms with Crippen molar-refractivity contribution in [2.75, 3.05) is 4.31 Å². The normalized spacial score (nSPS) is 16.4. The Labute approximate surface area is 180 Å². The van der Waals surface area contributed by atoms with Gasteiger partial charge in [0.1, 0.15) is 0 Å². The number of hydrogen-bond donors (Lipinski definition) is 1. The van der Waals surface area contributed by atoms with Crippen molar-refractivity contribution < 1.29 is 13.2 Å². The molecule has 1 aliphatic rings. The van der Waals surface area contributed by atoms with Crippen molar-refractivity contribution in [1.29, 1.82) is 0 Å². The molecule has 0 unspecified atom stereocenters. The van der Waals surface area contributed by atoms with Crippen LogP contribution in [0.1, 0.15) is 21.5 Å². The van der Waals surface area contributed by atoms with Crippen LogP contribution in [0.2, 0.25) is 5.02 Å². The first-order valence-electron chi connectivity index (χ1n) is 9.36. The van der Waals surface area contributed by atoms with Crippen molar-refractivity contribution in [3.63, 3.8) is 0 Å². The summed E-state index contributed by atoms with van der Waals surface area (Å²) in [5.74, 6) is -0.526. The molecule has 0 bridgehead atoms. The van der Waals surface area contributed by atoms with E-state index >= 15 is 0 Å². The lowest BCUT2D eigenvalue weighted by molar-refractivity contribution is 0.104. The number of nitrogens with zero attached hydrogens (tertiary/aromatic N) is 1. The number of sulfonamides is 1. The van der Waals surface area contributed by atoms with Crippen molar-refractivity contribution in [2.24, 2.45) is 0 Å². The first-order valence-corrected chi connectivity index (χ1v) is 11.2. The minimum Gasteiger partial charge on any atom is -0.386 e. The summed E-state index contributed by atoms with van der Waals surface area (Å²) in [5.41, 5.74) is 2.37. The molecule has 30 heavy (non-hydrogen) atoms. The molecule has 152 valence electrons. The zero-order valence-corrected chi connectivity index (χ0v) is 17.5. The zero-order valence-electron chi connectivity index (χ0n) is 16.0. The number of carbonyl (C=O) groups excluding carboxylic acids is 1. The van der Waals surface area contributed by atoms with Crippen LogP contribution < -0.4 is 9.62 Å². The molecule has 0 saturated heterocycles. The van der Waals surface area contributed by atoms with E-state index in [1.807, 2.05) is 48.5 Å². The number of fused-ring (bicyclic) bond motifs is 1. The van der Waals surface area contributed by atoms with Gasteiger partial charge in [0, 0.05) is 23.3 Å². The van der Waals surface area contributed by atoms with E-state index in [4.69, 9.17) is 11.6 Å². The summed E-state index contributed by atoms with van der Waals surface area (Å²) in [6, 6.07) is 23.3. The summed E-state index contributed by atoms with van der Waals surface area (Å²) in [6.45, 7) is 0.432. The molecule has 3 aromatic carbocycles. The number of rotatable bonds is 5. The summed E-state index contributed by atoms with van der Waals surface area (Å²) >= 11 is 6.16. The molecule has 0 radical (unpaired) electrons. The fourth-order valence-electron chi connectivity index (χ4n) is 3.34. The maximum atomic E-state index is 13.4. The molecule has 0 fully saturated rings. The van der Waals surface area contributed by atoms with Gasteiger partial charge in [0.05, 0.1) is 12.2 Å². The van der Waals surface area contributed by atoms with E-state index in [0.717, 1.165) is 11.1 Å². The van der Waals surface area contributed by atoms with Crippen LogP contribution in [0.3, 0.4) is 0 Å². The van der Waals surface area contributed by atoms with Crippen molar-refractivity contribution in [1.82, 2.24) is 5.32 Å². The SMILES string of the molecule is O=C1C(=CNCc2ccccc2Cl)S(=O)(=O)N(Cc2ccccc2)c2ccccc21. The number of nitrogens with one attached hydrogen (secondary N) is 1. The van der Waals surface area contributed by atoms with E-state index in [-0.39, 0.29) is 11.4 Å². The van der Waals surface area contributed by atoms with Gasteiger partial charge >= 0.3 is 0 Å². The van der Waals surface area contributed by atoms with Gasteiger partial charge in [-0.15, -0.1) is 0 Å². The molecule has 0 aromatic heterocycles. The van der Waals surface area contributed by atoms with E-state index in [0.29, 0.717) is 22.8 Å². The molecule has 0 saturated carbocycles. The van der Waals surface area contributed by atoms with Crippen LogP contribution in [-0.4, -0.2) is 14.2 Å². The van der Waals surface area contributed by atoms with Crippen LogP contribution in [0.25, 0.3) is 0 Å². The molecule has 0 spiro atoms. The second-order valence-electron chi connectivity index (χ2n) is 6.82. The third-order valence-corrected chi connectivity index (χ3v) is 7.00. The molecule has 0 amide bonds. The quantitative estimate of drug-likeness (QED) is 0.595. The third kappa shape index (κ3) is 3.84. The van der Waals surface area contributed by atoms with Crippen molar-refractivity contribution in [3.8, 4) is 0 Å². The molecule has 1 heterocycles. The smallest absolute Gasteiger partial charge is 0.270 e. The molecule has 5 nitrogen and oxygen atoms in total. The molecule has 3 aromatic rings. The number of benzene rings is 3. The number of ketones is 1. The lowest BCUT2D eigenvalue weighted by atomic mass is 10.1. The van der Waals surface area contributed by atoms with E-state index in [2.05, 4.69) is 5.32 Å².